The normalized spacial score (nSPS) is 13.0. The smallest absolute Gasteiger partial charge is 0.0547 e. The van der Waals surface area contributed by atoms with E-state index in [9.17, 15) is 0 Å². The highest BCUT2D eigenvalue weighted by Gasteiger charge is 2.40. The van der Waals surface area contributed by atoms with Gasteiger partial charge in [-0.1, -0.05) is 367 Å². The molecule has 0 fully saturated rings. The molecular formula is C130H88N4. The molecule has 22 aromatic carbocycles. The minimum absolute atomic E-state index is 0.192. The first kappa shape index (κ1) is 77.1. The standard InChI is InChI=1S/2C65H44N2/c1-65(2)56-35-12-9-24-45(56)50-33-17-34-53(64(50)65)61-48-29-15-27-43(46-31-18-38-59-62(46)51-25-10-13-36-57(51)66(59)41-20-5-3-6-21-41)54(48)40-55-44(28-16-30-49(55)61)47-32-19-39-60-63(47)52-26-11-14-37-58(52)67(60)42-22-7-4-8-23-42;1-65(2)58-31-12-9-22-47(58)52-29-17-30-53(64(52)65)63-50-27-15-25-45(41-34-36-61-56(38-41)48-23-10-13-32-59(48)66(61)43-18-5-3-6-19-43)54(50)40-55-46(26-16-28-51(55)63)42-35-37-62-57(39-42)49-24-11-14-33-60(49)67(62)44-20-7-4-8-21-44/h2*3-40H,1-2H3. The first-order valence-corrected chi connectivity index (χ1v) is 46.9. The van der Waals surface area contributed by atoms with Crippen LogP contribution in [0.25, 0.3) is 242 Å². The van der Waals surface area contributed by atoms with Crippen LogP contribution in [-0.4, -0.2) is 18.3 Å². The van der Waals surface area contributed by atoms with Gasteiger partial charge in [-0.25, -0.2) is 0 Å². The summed E-state index contributed by atoms with van der Waals surface area (Å²) in [6.07, 6.45) is 0. The number of hydrogen-bond donors (Lipinski definition) is 0. The van der Waals surface area contributed by atoms with Gasteiger partial charge in [-0.15, -0.1) is 0 Å². The van der Waals surface area contributed by atoms with Crippen LogP contribution in [0.15, 0.2) is 461 Å². The summed E-state index contributed by atoms with van der Waals surface area (Å²) in [6, 6.07) is 171. The lowest BCUT2D eigenvalue weighted by Crippen LogP contribution is -2.16. The fourth-order valence-corrected chi connectivity index (χ4v) is 24.2. The summed E-state index contributed by atoms with van der Waals surface area (Å²) in [5.41, 5.74) is 39.7. The van der Waals surface area contributed by atoms with E-state index < -0.39 is 0 Å². The zero-order valence-electron chi connectivity index (χ0n) is 74.7. The van der Waals surface area contributed by atoms with Crippen molar-refractivity contribution in [2.24, 2.45) is 0 Å². The quantitative estimate of drug-likeness (QED) is 0.122. The molecular weight excluding hydrogens is 1620 g/mol. The third-order valence-electron chi connectivity index (χ3n) is 29.8. The molecule has 2 aliphatic carbocycles. The Morgan fingerprint density at radius 1 is 0.149 bits per heavy atom. The highest BCUT2D eigenvalue weighted by Crippen LogP contribution is 2.59. The Bertz CT molecular complexity index is 8990. The van der Waals surface area contributed by atoms with Crippen molar-refractivity contribution in [1.29, 1.82) is 0 Å². The van der Waals surface area contributed by atoms with Crippen LogP contribution in [0.1, 0.15) is 49.9 Å². The molecule has 0 atom stereocenters. The van der Waals surface area contributed by atoms with Gasteiger partial charge in [0.05, 0.1) is 44.1 Å². The number of benzene rings is 22. The maximum Gasteiger partial charge on any atom is 0.0547 e. The summed E-state index contributed by atoms with van der Waals surface area (Å²) >= 11 is 0. The summed E-state index contributed by atoms with van der Waals surface area (Å²) in [6.45, 7) is 9.65. The summed E-state index contributed by atoms with van der Waals surface area (Å²) in [4.78, 5) is 0. The van der Waals surface area contributed by atoms with Crippen molar-refractivity contribution in [2.45, 2.75) is 38.5 Å². The van der Waals surface area contributed by atoms with Gasteiger partial charge < -0.3 is 18.3 Å². The van der Waals surface area contributed by atoms with Gasteiger partial charge in [-0.3, -0.25) is 0 Å². The second kappa shape index (κ2) is 29.8. The Balaban J connectivity index is 0.000000136. The van der Waals surface area contributed by atoms with E-state index in [1.807, 2.05) is 0 Å². The topological polar surface area (TPSA) is 19.7 Å². The van der Waals surface area contributed by atoms with Crippen molar-refractivity contribution in [3.8, 4) is 112 Å². The predicted molar refractivity (Wildman–Crippen MR) is 568 cm³/mol. The molecule has 0 saturated heterocycles. The molecule has 0 aliphatic heterocycles. The average molecular weight is 1710 g/mol. The number of para-hydroxylation sites is 8. The fourth-order valence-electron chi connectivity index (χ4n) is 24.2. The van der Waals surface area contributed by atoms with Crippen molar-refractivity contribution in [3.05, 3.63) is 483 Å². The molecule has 4 aromatic heterocycles. The fraction of sp³-hybridized carbons (Fsp3) is 0.0462. The lowest BCUT2D eigenvalue weighted by atomic mass is 9.77. The van der Waals surface area contributed by atoms with Gasteiger partial charge in [0.25, 0.3) is 0 Å². The van der Waals surface area contributed by atoms with Gasteiger partial charge >= 0.3 is 0 Å². The zero-order valence-corrected chi connectivity index (χ0v) is 74.7. The number of aromatic nitrogens is 4. The molecule has 0 unspecified atom stereocenters. The second-order valence-electron chi connectivity index (χ2n) is 37.5. The van der Waals surface area contributed by atoms with Gasteiger partial charge in [0.15, 0.2) is 0 Å². The first-order valence-electron chi connectivity index (χ1n) is 46.9. The minimum atomic E-state index is -0.206. The second-order valence-corrected chi connectivity index (χ2v) is 37.5. The van der Waals surface area contributed by atoms with Gasteiger partial charge in [0.1, 0.15) is 0 Å². The largest absolute Gasteiger partial charge is 0.309 e. The van der Waals surface area contributed by atoms with Gasteiger partial charge in [0.2, 0.25) is 0 Å². The van der Waals surface area contributed by atoms with E-state index in [0.29, 0.717) is 0 Å². The van der Waals surface area contributed by atoms with E-state index in [-0.39, 0.29) is 10.8 Å². The van der Waals surface area contributed by atoms with Gasteiger partial charge in [-0.05, 0) is 276 Å². The van der Waals surface area contributed by atoms with E-state index in [0.717, 1.165) is 11.4 Å². The number of rotatable bonds is 10. The van der Waals surface area contributed by atoms with Crippen LogP contribution in [0.5, 0.6) is 0 Å². The Labute approximate surface area is 776 Å². The van der Waals surface area contributed by atoms with E-state index in [2.05, 4.69) is 507 Å². The molecule has 4 heterocycles. The van der Waals surface area contributed by atoms with E-state index in [1.165, 1.54) is 253 Å². The Morgan fingerprint density at radius 2 is 0.396 bits per heavy atom. The van der Waals surface area contributed by atoms with Crippen LogP contribution in [0.3, 0.4) is 0 Å². The van der Waals surface area contributed by atoms with Crippen molar-refractivity contribution < 1.29 is 0 Å². The van der Waals surface area contributed by atoms with Crippen LogP contribution in [-0.2, 0) is 10.8 Å². The van der Waals surface area contributed by atoms with Crippen LogP contribution >= 0.6 is 0 Å². The third-order valence-corrected chi connectivity index (χ3v) is 29.8. The summed E-state index contributed by atoms with van der Waals surface area (Å²) < 4.78 is 9.66. The Morgan fingerprint density at radius 3 is 0.776 bits per heavy atom. The Kier molecular flexibility index (Phi) is 17.1. The molecule has 4 heteroatoms. The van der Waals surface area contributed by atoms with Crippen molar-refractivity contribution in [2.75, 3.05) is 0 Å². The molecule has 0 bridgehead atoms. The molecule has 628 valence electrons. The molecule has 28 rings (SSSR count). The minimum Gasteiger partial charge on any atom is -0.309 e. The number of fused-ring (bicyclic) bond motifs is 22. The molecule has 0 radical (unpaired) electrons. The lowest BCUT2D eigenvalue weighted by Gasteiger charge is -2.26. The first-order chi connectivity index (χ1) is 66.1. The van der Waals surface area contributed by atoms with Crippen molar-refractivity contribution in [3.63, 3.8) is 0 Å². The highest BCUT2D eigenvalue weighted by molar-refractivity contribution is 6.27. The van der Waals surface area contributed by atoms with Gasteiger partial charge in [0, 0.05) is 76.7 Å². The summed E-state index contributed by atoms with van der Waals surface area (Å²) in [5.74, 6) is 0. The van der Waals surface area contributed by atoms with Crippen LogP contribution in [0.2, 0.25) is 0 Å². The van der Waals surface area contributed by atoms with E-state index in [4.69, 9.17) is 0 Å². The van der Waals surface area contributed by atoms with Crippen molar-refractivity contribution >= 4 is 130 Å². The van der Waals surface area contributed by atoms with Crippen LogP contribution < -0.4 is 0 Å². The Hall–Kier alpha value is -16.9. The molecule has 0 N–H and O–H groups in total. The predicted octanol–water partition coefficient (Wildman–Crippen LogP) is 35.0. The summed E-state index contributed by atoms with van der Waals surface area (Å²) in [7, 11) is 0. The summed E-state index contributed by atoms with van der Waals surface area (Å²) in [5, 5.41) is 20.0. The molecule has 4 nitrogen and oxygen atoms in total. The molecule has 0 spiro atoms. The molecule has 26 aromatic rings. The van der Waals surface area contributed by atoms with Crippen LogP contribution in [0.4, 0.5) is 0 Å². The number of hydrogen-bond acceptors (Lipinski definition) is 0. The third kappa shape index (κ3) is 11.4. The van der Waals surface area contributed by atoms with Crippen molar-refractivity contribution in [1.82, 2.24) is 18.3 Å². The maximum absolute atomic E-state index is 2.52. The van der Waals surface area contributed by atoms with E-state index in [1.54, 1.807) is 0 Å². The lowest BCUT2D eigenvalue weighted by molar-refractivity contribution is 0.662. The average Bonchev–Trinajstić information content (AvgIpc) is 1.44. The van der Waals surface area contributed by atoms with E-state index >= 15 is 0 Å². The molecule has 0 saturated carbocycles. The highest BCUT2D eigenvalue weighted by atomic mass is 15.0. The SMILES string of the molecule is CC1(C)c2ccccc2-c2cccc(-c3c4cccc(-c5ccc6c(c5)c5ccccc5n6-c5ccccc5)c4cc4c(-c5ccc6c(c5)c5ccccc5n6-c5ccccc5)cccc34)c21.CC1(C)c2ccccc2-c2cccc(-c3c4cccc(-c5cccc6c5c5ccccc5n6-c5ccccc5)c4cc4c(-c5cccc6c5c5ccccc5n6-c5ccccc5)cccc34)c21. The number of nitrogens with zero attached hydrogens (tertiary/aromatic N) is 4. The van der Waals surface area contributed by atoms with Crippen LogP contribution in [0, 0.1) is 0 Å². The maximum atomic E-state index is 2.52. The monoisotopic (exact) mass is 1700 g/mol. The zero-order chi connectivity index (χ0) is 88.8. The molecule has 0 amide bonds. The molecule has 134 heavy (non-hydrogen) atoms. The van der Waals surface area contributed by atoms with Gasteiger partial charge in [-0.2, -0.15) is 0 Å². The molecule has 2 aliphatic rings.